The van der Waals surface area contributed by atoms with E-state index < -0.39 is 24.4 Å². The molecule has 0 unspecified atom stereocenters. The van der Waals surface area contributed by atoms with Crippen molar-refractivity contribution in [1.29, 1.82) is 0 Å². The van der Waals surface area contributed by atoms with E-state index in [9.17, 15) is 4.79 Å². The lowest BCUT2D eigenvalue weighted by atomic mass is 9.78. The summed E-state index contributed by atoms with van der Waals surface area (Å²) < 4.78 is 22.6. The second-order valence-corrected chi connectivity index (χ2v) is 6.62. The molecule has 2 aliphatic heterocycles. The quantitative estimate of drug-likeness (QED) is 0.835. The van der Waals surface area contributed by atoms with Crippen LogP contribution in [0.2, 0.25) is 0 Å². The fourth-order valence-electron chi connectivity index (χ4n) is 2.60. The summed E-state index contributed by atoms with van der Waals surface area (Å²) in [6, 6.07) is 3.66. The first-order chi connectivity index (χ1) is 10.2. The number of benzene rings is 1. The fraction of sp³-hybridized carbons (Fsp3) is 0.533. The van der Waals surface area contributed by atoms with Crippen molar-refractivity contribution in [3.05, 3.63) is 17.7 Å². The molecule has 1 saturated heterocycles. The van der Waals surface area contributed by atoms with Crippen molar-refractivity contribution in [2.24, 2.45) is 5.73 Å². The minimum atomic E-state index is -0.872. The van der Waals surface area contributed by atoms with E-state index in [1.54, 1.807) is 6.07 Å². The van der Waals surface area contributed by atoms with Gasteiger partial charge >= 0.3 is 13.2 Å². The van der Waals surface area contributed by atoms with Crippen molar-refractivity contribution in [3.8, 4) is 11.5 Å². The highest BCUT2D eigenvalue weighted by atomic mass is 16.7. The predicted molar refractivity (Wildman–Crippen MR) is 81.6 cm³/mol. The zero-order chi connectivity index (χ0) is 16.1. The third-order valence-electron chi connectivity index (χ3n) is 4.51. The highest BCUT2D eigenvalue weighted by Gasteiger charge is 2.52. The maximum absolute atomic E-state index is 11.1. The molecule has 22 heavy (non-hydrogen) atoms. The van der Waals surface area contributed by atoms with E-state index in [0.717, 1.165) is 17.4 Å². The highest BCUT2D eigenvalue weighted by molar-refractivity contribution is 6.62. The number of rotatable bonds is 2. The van der Waals surface area contributed by atoms with Crippen LogP contribution in [0.4, 0.5) is 4.79 Å². The average molecular weight is 305 g/mol. The molecular formula is C15H20BNO5. The number of hydrogen-bond donors (Lipinski definition) is 1. The van der Waals surface area contributed by atoms with Crippen LogP contribution in [0.1, 0.15) is 33.3 Å². The van der Waals surface area contributed by atoms with Gasteiger partial charge in [0.2, 0.25) is 0 Å². The summed E-state index contributed by atoms with van der Waals surface area (Å²) in [5, 5.41) is 0. The Bertz CT molecular complexity index is 613. The Morgan fingerprint density at radius 3 is 2.45 bits per heavy atom. The third-order valence-corrected chi connectivity index (χ3v) is 4.51. The zero-order valence-corrected chi connectivity index (χ0v) is 13.3. The van der Waals surface area contributed by atoms with Crippen molar-refractivity contribution in [3.63, 3.8) is 0 Å². The minimum absolute atomic E-state index is 0.312. The summed E-state index contributed by atoms with van der Waals surface area (Å²) in [6.45, 7) is 8.51. The SMILES string of the molecule is CC1(C)OB(c2cc3c(c(OC(N)=O)c2)OCC3)OC1(C)C. The van der Waals surface area contributed by atoms with E-state index >= 15 is 0 Å². The molecule has 0 aliphatic carbocycles. The Balaban J connectivity index is 1.97. The number of carbonyl (C=O) groups is 1. The minimum Gasteiger partial charge on any atom is -0.489 e. The Kier molecular flexibility index (Phi) is 3.38. The van der Waals surface area contributed by atoms with Crippen molar-refractivity contribution in [2.45, 2.75) is 45.3 Å². The second kappa shape index (κ2) is 4.89. The molecule has 2 aliphatic rings. The maximum Gasteiger partial charge on any atom is 0.494 e. The van der Waals surface area contributed by atoms with Crippen LogP contribution in [-0.2, 0) is 15.7 Å². The van der Waals surface area contributed by atoms with Crippen LogP contribution in [0.5, 0.6) is 11.5 Å². The molecule has 1 aromatic carbocycles. The number of nitrogens with two attached hydrogens (primary N) is 1. The maximum atomic E-state index is 11.1. The summed E-state index contributed by atoms with van der Waals surface area (Å²) in [5.41, 5.74) is 6.02. The molecule has 1 aromatic rings. The van der Waals surface area contributed by atoms with Crippen molar-refractivity contribution in [2.75, 3.05) is 6.61 Å². The van der Waals surface area contributed by atoms with Crippen LogP contribution in [0.15, 0.2) is 12.1 Å². The first-order valence-electron chi connectivity index (χ1n) is 7.32. The van der Waals surface area contributed by atoms with Gasteiger partial charge in [-0.3, -0.25) is 0 Å². The Hall–Kier alpha value is -1.73. The van der Waals surface area contributed by atoms with Gasteiger partial charge in [0.1, 0.15) is 0 Å². The largest absolute Gasteiger partial charge is 0.494 e. The lowest BCUT2D eigenvalue weighted by molar-refractivity contribution is 0.00578. The normalized spacial score (nSPS) is 21.4. The van der Waals surface area contributed by atoms with E-state index in [4.69, 9.17) is 24.5 Å². The summed E-state index contributed by atoms with van der Waals surface area (Å²) in [6.07, 6.45) is -0.124. The van der Waals surface area contributed by atoms with E-state index in [-0.39, 0.29) is 0 Å². The van der Waals surface area contributed by atoms with Gasteiger partial charge in [-0.25, -0.2) is 4.79 Å². The number of primary amides is 1. The molecule has 3 rings (SSSR count). The standard InChI is InChI=1S/C15H20BNO5/c1-14(2)15(3,4)22-16(21-14)10-7-9-5-6-19-12(9)11(8-10)20-13(17)18/h7-8H,5-6H2,1-4H3,(H2,17,18). The van der Waals surface area contributed by atoms with E-state index in [2.05, 4.69) is 0 Å². The lowest BCUT2D eigenvalue weighted by Gasteiger charge is -2.32. The van der Waals surface area contributed by atoms with Crippen LogP contribution in [0.3, 0.4) is 0 Å². The van der Waals surface area contributed by atoms with Crippen LogP contribution < -0.4 is 20.7 Å². The molecule has 1 fully saturated rings. The molecule has 7 heteroatoms. The van der Waals surface area contributed by atoms with Gasteiger partial charge in [0.05, 0.1) is 17.8 Å². The van der Waals surface area contributed by atoms with Crippen LogP contribution in [0.25, 0.3) is 0 Å². The molecule has 0 bridgehead atoms. The Morgan fingerprint density at radius 2 is 1.86 bits per heavy atom. The summed E-state index contributed by atoms with van der Waals surface area (Å²) in [7, 11) is -0.522. The van der Waals surface area contributed by atoms with E-state index in [1.165, 1.54) is 0 Å². The van der Waals surface area contributed by atoms with Gasteiger partial charge in [0.15, 0.2) is 11.5 Å². The molecule has 2 N–H and O–H groups in total. The van der Waals surface area contributed by atoms with Gasteiger partial charge in [0, 0.05) is 12.0 Å². The fourth-order valence-corrected chi connectivity index (χ4v) is 2.60. The van der Waals surface area contributed by atoms with Gasteiger partial charge in [0.25, 0.3) is 0 Å². The van der Waals surface area contributed by atoms with Gasteiger partial charge in [-0.15, -0.1) is 0 Å². The number of hydrogen-bond acceptors (Lipinski definition) is 5. The monoisotopic (exact) mass is 305 g/mol. The third kappa shape index (κ3) is 2.44. The van der Waals surface area contributed by atoms with Crippen LogP contribution in [0, 0.1) is 0 Å². The van der Waals surface area contributed by atoms with Crippen LogP contribution in [-0.4, -0.2) is 31.0 Å². The van der Waals surface area contributed by atoms with E-state index in [1.807, 2.05) is 33.8 Å². The molecule has 0 saturated carbocycles. The smallest absolute Gasteiger partial charge is 0.489 e. The van der Waals surface area contributed by atoms with Gasteiger partial charge < -0.3 is 24.5 Å². The topological polar surface area (TPSA) is 80.0 Å². The van der Waals surface area contributed by atoms with Gasteiger partial charge in [-0.1, -0.05) is 6.07 Å². The van der Waals surface area contributed by atoms with Crippen molar-refractivity contribution < 1.29 is 23.6 Å². The highest BCUT2D eigenvalue weighted by Crippen LogP contribution is 2.39. The van der Waals surface area contributed by atoms with Gasteiger partial charge in [-0.05, 0) is 39.2 Å². The number of fused-ring (bicyclic) bond motifs is 1. The molecule has 0 aromatic heterocycles. The second-order valence-electron chi connectivity index (χ2n) is 6.62. The van der Waals surface area contributed by atoms with Crippen molar-refractivity contribution in [1.82, 2.24) is 0 Å². The molecule has 0 spiro atoms. The predicted octanol–water partition coefficient (Wildman–Crippen LogP) is 1.38. The average Bonchev–Trinajstić information content (AvgIpc) is 2.91. The first-order valence-corrected chi connectivity index (χ1v) is 7.32. The van der Waals surface area contributed by atoms with Crippen LogP contribution >= 0.6 is 0 Å². The summed E-state index contributed by atoms with van der Waals surface area (Å²) in [4.78, 5) is 11.1. The van der Waals surface area contributed by atoms with Gasteiger partial charge in [-0.2, -0.15) is 0 Å². The summed E-state index contributed by atoms with van der Waals surface area (Å²) >= 11 is 0. The Morgan fingerprint density at radius 1 is 1.23 bits per heavy atom. The zero-order valence-electron chi connectivity index (χ0n) is 13.3. The number of amides is 1. The van der Waals surface area contributed by atoms with Crippen molar-refractivity contribution >= 4 is 18.7 Å². The van der Waals surface area contributed by atoms with E-state index in [0.29, 0.717) is 18.1 Å². The lowest BCUT2D eigenvalue weighted by Crippen LogP contribution is -2.41. The number of ether oxygens (including phenoxy) is 2. The molecule has 2 heterocycles. The molecule has 0 atom stereocenters. The molecule has 118 valence electrons. The molecular weight excluding hydrogens is 285 g/mol. The number of carbonyl (C=O) groups excluding carboxylic acids is 1. The molecule has 1 amide bonds. The summed E-state index contributed by atoms with van der Waals surface area (Å²) in [5.74, 6) is 0.881. The molecule has 0 radical (unpaired) electrons. The first kappa shape index (κ1) is 15.2. The Labute approximate surface area is 130 Å². The molecule has 6 nitrogen and oxygen atoms in total.